The first-order chi connectivity index (χ1) is 4.73. The van der Waals surface area contributed by atoms with Gasteiger partial charge in [0.05, 0.1) is 0 Å². The number of hydrogen-bond acceptors (Lipinski definition) is 2. The molecule has 66 valence electrons. The number of carbonyl (C=O) groups excluding carboxylic acids is 1. The van der Waals surface area contributed by atoms with Gasteiger partial charge in [0.2, 0.25) is 0 Å². The topological polar surface area (TPSA) is 20.3 Å². The number of nitrogens with zero attached hydrogens (tertiary/aromatic N) is 1. The lowest BCUT2D eigenvalue weighted by molar-refractivity contribution is -0.0979. The maximum atomic E-state index is 8.00. The van der Waals surface area contributed by atoms with Crippen LogP contribution in [0.25, 0.3) is 0 Å². The highest BCUT2D eigenvalue weighted by Crippen LogP contribution is 1.47. The molecule has 0 saturated heterocycles. The lowest BCUT2D eigenvalue weighted by Gasteiger charge is -1.90. The molecule has 0 aliphatic carbocycles. The van der Waals surface area contributed by atoms with Crippen molar-refractivity contribution in [1.29, 1.82) is 0 Å². The molecular formula is C8H23NO. The van der Waals surface area contributed by atoms with E-state index >= 15 is 0 Å². The standard InChI is InChI=1S/C3H9N.2C2H6.CH2O/c1-4(2)3;3*1-2/h1-3H3;2*1-2H3;1H2. The molecule has 0 amide bonds. The summed E-state index contributed by atoms with van der Waals surface area (Å²) < 4.78 is 0. The van der Waals surface area contributed by atoms with E-state index in [1.165, 1.54) is 0 Å². The fourth-order valence-corrected chi connectivity index (χ4v) is 0. The quantitative estimate of drug-likeness (QED) is 0.525. The largest absolute Gasteiger partial charge is 0.312 e. The minimum Gasteiger partial charge on any atom is -0.312 e. The second kappa shape index (κ2) is 72.6. The summed E-state index contributed by atoms with van der Waals surface area (Å²) in [7, 11) is 6.00. The van der Waals surface area contributed by atoms with Crippen molar-refractivity contribution in [2.75, 3.05) is 21.1 Å². The van der Waals surface area contributed by atoms with E-state index in [9.17, 15) is 0 Å². The summed E-state index contributed by atoms with van der Waals surface area (Å²) in [5, 5.41) is 0. The van der Waals surface area contributed by atoms with Gasteiger partial charge in [-0.15, -0.1) is 0 Å². The van der Waals surface area contributed by atoms with Gasteiger partial charge in [-0.25, -0.2) is 0 Å². The maximum Gasteiger partial charge on any atom is 0.106 e. The van der Waals surface area contributed by atoms with E-state index in [0.29, 0.717) is 0 Å². The Bertz CT molecular complexity index is 20.5. The van der Waals surface area contributed by atoms with Crippen LogP contribution in [0.1, 0.15) is 27.7 Å². The molecule has 0 fully saturated rings. The van der Waals surface area contributed by atoms with Crippen molar-refractivity contribution in [1.82, 2.24) is 4.90 Å². The molecule has 0 spiro atoms. The van der Waals surface area contributed by atoms with Gasteiger partial charge in [0.1, 0.15) is 6.79 Å². The molecule has 0 bridgehead atoms. The summed E-state index contributed by atoms with van der Waals surface area (Å²) >= 11 is 0. The third kappa shape index (κ3) is 2450. The molecular weight excluding hydrogens is 126 g/mol. The van der Waals surface area contributed by atoms with Gasteiger partial charge >= 0.3 is 0 Å². The third-order valence-electron chi connectivity index (χ3n) is 0. The summed E-state index contributed by atoms with van der Waals surface area (Å²) in [6.45, 7) is 10.0. The predicted octanol–water partition coefficient (Wildman–Crippen LogP) is 2.05. The molecule has 0 aromatic carbocycles. The molecule has 0 aliphatic rings. The van der Waals surface area contributed by atoms with Gasteiger partial charge < -0.3 is 9.69 Å². The van der Waals surface area contributed by atoms with Gasteiger partial charge in [-0.3, -0.25) is 0 Å². The summed E-state index contributed by atoms with van der Waals surface area (Å²) in [4.78, 5) is 10.0. The van der Waals surface area contributed by atoms with Crippen LogP contribution < -0.4 is 0 Å². The number of rotatable bonds is 0. The molecule has 2 heteroatoms. The first-order valence-electron chi connectivity index (χ1n) is 3.63. The van der Waals surface area contributed by atoms with Crippen molar-refractivity contribution < 1.29 is 4.79 Å². The van der Waals surface area contributed by atoms with Gasteiger partial charge in [0, 0.05) is 0 Å². The Morgan fingerprint density at radius 3 is 0.800 bits per heavy atom. The monoisotopic (exact) mass is 149 g/mol. The molecule has 2 nitrogen and oxygen atoms in total. The first-order valence-corrected chi connectivity index (χ1v) is 3.63. The van der Waals surface area contributed by atoms with Crippen molar-refractivity contribution in [3.05, 3.63) is 0 Å². The van der Waals surface area contributed by atoms with E-state index in [0.717, 1.165) is 0 Å². The average Bonchev–Trinajstić information content (AvgIpc) is 1.98. The highest BCUT2D eigenvalue weighted by molar-refractivity contribution is 5.10. The van der Waals surface area contributed by atoms with Crippen LogP contribution in [0.2, 0.25) is 0 Å². The molecule has 10 heavy (non-hydrogen) atoms. The molecule has 0 atom stereocenters. The van der Waals surface area contributed by atoms with Crippen LogP contribution in [-0.2, 0) is 4.79 Å². The first kappa shape index (κ1) is 22.6. The van der Waals surface area contributed by atoms with E-state index in [1.54, 1.807) is 0 Å². The van der Waals surface area contributed by atoms with Crippen LogP contribution in [0, 0.1) is 0 Å². The van der Waals surface area contributed by atoms with Gasteiger partial charge in [-0.1, -0.05) is 27.7 Å². The molecule has 0 rings (SSSR count). The van der Waals surface area contributed by atoms with Gasteiger partial charge in [0.25, 0.3) is 0 Å². The van der Waals surface area contributed by atoms with E-state index in [4.69, 9.17) is 4.79 Å². The third-order valence-corrected chi connectivity index (χ3v) is 0. The van der Waals surface area contributed by atoms with Crippen LogP contribution in [0.4, 0.5) is 0 Å². The van der Waals surface area contributed by atoms with Crippen molar-refractivity contribution in [2.24, 2.45) is 0 Å². The van der Waals surface area contributed by atoms with E-state index < -0.39 is 0 Å². The summed E-state index contributed by atoms with van der Waals surface area (Å²) in [5.74, 6) is 0. The average molecular weight is 149 g/mol. The normalized spacial score (nSPS) is 5.20. The second-order valence-electron chi connectivity index (χ2n) is 1.34. The summed E-state index contributed by atoms with van der Waals surface area (Å²) in [5.41, 5.74) is 0. The zero-order valence-electron chi connectivity index (χ0n) is 8.56. The molecule has 0 radical (unpaired) electrons. The minimum atomic E-state index is 2.00. The molecule has 0 N–H and O–H groups in total. The van der Waals surface area contributed by atoms with Gasteiger partial charge in [-0.2, -0.15) is 0 Å². The van der Waals surface area contributed by atoms with Gasteiger partial charge in [0.15, 0.2) is 0 Å². The molecule has 0 saturated carbocycles. The summed E-state index contributed by atoms with van der Waals surface area (Å²) in [6.07, 6.45) is 0. The molecule has 0 heterocycles. The summed E-state index contributed by atoms with van der Waals surface area (Å²) in [6, 6.07) is 0. The highest BCUT2D eigenvalue weighted by Gasteiger charge is 1.58. The highest BCUT2D eigenvalue weighted by atomic mass is 16.1. The Hall–Kier alpha value is -0.370. The van der Waals surface area contributed by atoms with Crippen LogP contribution in [-0.4, -0.2) is 32.8 Å². The van der Waals surface area contributed by atoms with Crippen molar-refractivity contribution in [3.63, 3.8) is 0 Å². The lowest BCUT2D eigenvalue weighted by Crippen LogP contribution is -1.99. The maximum absolute atomic E-state index is 8.00. The molecule has 0 unspecified atom stereocenters. The SMILES string of the molecule is C=O.CC.CC.CN(C)C. The predicted molar refractivity (Wildman–Crippen MR) is 49.4 cm³/mol. The zero-order valence-corrected chi connectivity index (χ0v) is 8.56. The molecule has 0 aliphatic heterocycles. The molecule has 0 aromatic rings. The van der Waals surface area contributed by atoms with Crippen molar-refractivity contribution in [3.8, 4) is 0 Å². The fraction of sp³-hybridized carbons (Fsp3) is 0.875. The number of carbonyl (C=O) groups is 1. The fourth-order valence-electron chi connectivity index (χ4n) is 0. The van der Waals surface area contributed by atoms with E-state index in [2.05, 4.69) is 0 Å². The lowest BCUT2D eigenvalue weighted by atomic mass is 11.0. The number of hydrogen-bond donors (Lipinski definition) is 0. The Morgan fingerprint density at radius 1 is 0.800 bits per heavy atom. The minimum absolute atomic E-state index is 2.00. The van der Waals surface area contributed by atoms with Crippen molar-refractivity contribution >= 4 is 6.79 Å². The Morgan fingerprint density at radius 2 is 0.800 bits per heavy atom. The van der Waals surface area contributed by atoms with Crippen molar-refractivity contribution in [2.45, 2.75) is 27.7 Å². The van der Waals surface area contributed by atoms with Crippen LogP contribution in [0.3, 0.4) is 0 Å². The van der Waals surface area contributed by atoms with Gasteiger partial charge in [-0.05, 0) is 21.1 Å². The Kier molecular flexibility index (Phi) is 164. The molecule has 0 aromatic heterocycles. The second-order valence-corrected chi connectivity index (χ2v) is 1.34. The van der Waals surface area contributed by atoms with Crippen LogP contribution >= 0.6 is 0 Å². The van der Waals surface area contributed by atoms with E-state index in [1.807, 2.05) is 60.5 Å². The van der Waals surface area contributed by atoms with Crippen LogP contribution in [0.5, 0.6) is 0 Å². The Balaban J connectivity index is -0.0000000262. The van der Waals surface area contributed by atoms with Crippen LogP contribution in [0.15, 0.2) is 0 Å². The smallest absolute Gasteiger partial charge is 0.106 e. The van der Waals surface area contributed by atoms with E-state index in [-0.39, 0.29) is 0 Å². The Labute approximate surface area is 66.2 Å². The zero-order chi connectivity index (χ0) is 9.58.